The maximum absolute atomic E-state index is 14.2. The second-order valence-corrected chi connectivity index (χ2v) is 4.67. The van der Waals surface area contributed by atoms with Crippen molar-refractivity contribution >= 4 is 12.4 Å². The van der Waals surface area contributed by atoms with Crippen LogP contribution in [0.2, 0.25) is 0 Å². The van der Waals surface area contributed by atoms with Gasteiger partial charge in [-0.1, -0.05) is 6.07 Å². The molecule has 1 atom stereocenters. The first kappa shape index (κ1) is 17.2. The molecule has 1 aromatic rings. The van der Waals surface area contributed by atoms with Crippen LogP contribution in [-0.4, -0.2) is 49.9 Å². The quantitative estimate of drug-likeness (QED) is 0.867. The number of aliphatic hydroxyl groups is 1. The Labute approximate surface area is 125 Å². The molecule has 20 heavy (non-hydrogen) atoms. The zero-order valence-corrected chi connectivity index (χ0v) is 12.5. The van der Waals surface area contributed by atoms with Gasteiger partial charge in [-0.15, -0.1) is 12.4 Å². The largest absolute Gasteiger partial charge is 0.496 e. The van der Waals surface area contributed by atoms with E-state index in [9.17, 15) is 9.50 Å². The standard InChI is InChI=1S/C14H21FN2O2.ClH/c1-19-13-4-2-3-11(15)14(13)12(5-10-18)17-8-6-16-7-9-17;/h2-4,12,16,18H,5-10H2,1H3;1H/t12-;/m1./s1. The number of rotatable bonds is 5. The third-order valence-corrected chi connectivity index (χ3v) is 3.56. The molecule has 2 N–H and O–H groups in total. The Balaban J connectivity index is 0.00000200. The van der Waals surface area contributed by atoms with Crippen LogP contribution in [0.15, 0.2) is 18.2 Å². The average Bonchev–Trinajstić information content (AvgIpc) is 2.46. The summed E-state index contributed by atoms with van der Waals surface area (Å²) in [5.74, 6) is 0.285. The minimum Gasteiger partial charge on any atom is -0.496 e. The van der Waals surface area contributed by atoms with Crippen molar-refractivity contribution in [1.82, 2.24) is 10.2 Å². The van der Waals surface area contributed by atoms with Crippen LogP contribution in [0.5, 0.6) is 5.75 Å². The van der Waals surface area contributed by atoms with Gasteiger partial charge >= 0.3 is 0 Å². The fourth-order valence-corrected chi connectivity index (χ4v) is 2.64. The summed E-state index contributed by atoms with van der Waals surface area (Å²) in [7, 11) is 1.55. The van der Waals surface area contributed by atoms with Crippen molar-refractivity contribution in [2.24, 2.45) is 0 Å². The molecule has 2 rings (SSSR count). The van der Waals surface area contributed by atoms with Gasteiger partial charge in [-0.2, -0.15) is 0 Å². The normalized spacial score (nSPS) is 17.4. The smallest absolute Gasteiger partial charge is 0.131 e. The zero-order valence-electron chi connectivity index (χ0n) is 11.6. The van der Waals surface area contributed by atoms with Gasteiger partial charge in [0.05, 0.1) is 7.11 Å². The number of benzene rings is 1. The summed E-state index contributed by atoms with van der Waals surface area (Å²) >= 11 is 0. The highest BCUT2D eigenvalue weighted by Gasteiger charge is 2.27. The fourth-order valence-electron chi connectivity index (χ4n) is 2.64. The minimum absolute atomic E-state index is 0. The Kier molecular flexibility index (Phi) is 7.23. The third kappa shape index (κ3) is 3.82. The summed E-state index contributed by atoms with van der Waals surface area (Å²) in [4.78, 5) is 2.20. The Bertz CT molecular complexity index is 414. The molecule has 1 aromatic carbocycles. The lowest BCUT2D eigenvalue weighted by atomic mass is 9.99. The van der Waals surface area contributed by atoms with Crippen molar-refractivity contribution in [3.05, 3.63) is 29.6 Å². The summed E-state index contributed by atoms with van der Waals surface area (Å²) < 4.78 is 19.4. The molecule has 114 valence electrons. The molecule has 0 bridgehead atoms. The molecular weight excluding hydrogens is 283 g/mol. The number of hydrogen-bond donors (Lipinski definition) is 2. The number of methoxy groups -OCH3 is 1. The summed E-state index contributed by atoms with van der Waals surface area (Å²) in [6.07, 6.45) is 0.511. The number of nitrogens with zero attached hydrogens (tertiary/aromatic N) is 1. The van der Waals surface area contributed by atoms with Crippen molar-refractivity contribution in [2.75, 3.05) is 39.9 Å². The van der Waals surface area contributed by atoms with Crippen LogP contribution >= 0.6 is 12.4 Å². The molecule has 1 fully saturated rings. The molecule has 1 heterocycles. The molecular formula is C14H22ClFN2O2. The van der Waals surface area contributed by atoms with Gasteiger partial charge in [-0.05, 0) is 18.6 Å². The van der Waals surface area contributed by atoms with Crippen LogP contribution in [0.25, 0.3) is 0 Å². The van der Waals surface area contributed by atoms with Crippen LogP contribution in [0, 0.1) is 5.82 Å². The summed E-state index contributed by atoms with van der Waals surface area (Å²) in [6.45, 7) is 3.51. The molecule has 1 aliphatic heterocycles. The van der Waals surface area contributed by atoms with Crippen LogP contribution in [0.3, 0.4) is 0 Å². The average molecular weight is 305 g/mol. The van der Waals surface area contributed by atoms with E-state index in [0.29, 0.717) is 17.7 Å². The highest BCUT2D eigenvalue weighted by molar-refractivity contribution is 5.85. The summed E-state index contributed by atoms with van der Waals surface area (Å²) in [5.41, 5.74) is 0.556. The Morgan fingerprint density at radius 1 is 1.40 bits per heavy atom. The lowest BCUT2D eigenvalue weighted by Crippen LogP contribution is -2.45. The van der Waals surface area contributed by atoms with Gasteiger partial charge in [0.1, 0.15) is 11.6 Å². The van der Waals surface area contributed by atoms with Gasteiger partial charge in [0.2, 0.25) is 0 Å². The van der Waals surface area contributed by atoms with E-state index in [4.69, 9.17) is 4.74 Å². The predicted molar refractivity (Wildman–Crippen MR) is 79.1 cm³/mol. The molecule has 1 aliphatic rings. The van der Waals surface area contributed by atoms with Gasteiger partial charge in [0.15, 0.2) is 0 Å². The van der Waals surface area contributed by atoms with Crippen molar-refractivity contribution < 1.29 is 14.2 Å². The Hall–Kier alpha value is -0.880. The first-order valence-electron chi connectivity index (χ1n) is 6.66. The summed E-state index contributed by atoms with van der Waals surface area (Å²) in [5, 5.41) is 12.6. The van der Waals surface area contributed by atoms with Crippen molar-refractivity contribution in [3.8, 4) is 5.75 Å². The van der Waals surface area contributed by atoms with Crippen LogP contribution in [0.4, 0.5) is 4.39 Å². The van der Waals surface area contributed by atoms with E-state index in [0.717, 1.165) is 26.2 Å². The second-order valence-electron chi connectivity index (χ2n) is 4.67. The van der Waals surface area contributed by atoms with Gasteiger partial charge in [0.25, 0.3) is 0 Å². The van der Waals surface area contributed by atoms with E-state index in [1.165, 1.54) is 6.07 Å². The lowest BCUT2D eigenvalue weighted by molar-refractivity contribution is 0.136. The molecule has 4 nitrogen and oxygen atoms in total. The number of hydrogen-bond acceptors (Lipinski definition) is 4. The van der Waals surface area contributed by atoms with Crippen molar-refractivity contribution in [3.63, 3.8) is 0 Å². The monoisotopic (exact) mass is 304 g/mol. The van der Waals surface area contributed by atoms with Crippen molar-refractivity contribution in [1.29, 1.82) is 0 Å². The molecule has 0 unspecified atom stereocenters. The highest BCUT2D eigenvalue weighted by Crippen LogP contribution is 2.33. The van der Waals surface area contributed by atoms with Gasteiger partial charge < -0.3 is 15.2 Å². The van der Waals surface area contributed by atoms with E-state index in [-0.39, 0.29) is 30.9 Å². The van der Waals surface area contributed by atoms with Crippen LogP contribution in [0.1, 0.15) is 18.0 Å². The Morgan fingerprint density at radius 3 is 2.70 bits per heavy atom. The summed E-state index contributed by atoms with van der Waals surface area (Å²) in [6, 6.07) is 4.73. The molecule has 0 radical (unpaired) electrons. The van der Waals surface area contributed by atoms with E-state index < -0.39 is 0 Å². The van der Waals surface area contributed by atoms with Gasteiger partial charge in [-0.3, -0.25) is 4.90 Å². The molecule has 0 aliphatic carbocycles. The number of halogens is 2. The maximum atomic E-state index is 14.2. The topological polar surface area (TPSA) is 44.7 Å². The van der Waals surface area contributed by atoms with Crippen LogP contribution in [-0.2, 0) is 0 Å². The predicted octanol–water partition coefficient (Wildman–Crippen LogP) is 1.58. The van der Waals surface area contributed by atoms with E-state index in [1.54, 1.807) is 19.2 Å². The first-order valence-corrected chi connectivity index (χ1v) is 6.66. The number of piperazine rings is 1. The molecule has 0 saturated carbocycles. The van der Waals surface area contributed by atoms with E-state index in [2.05, 4.69) is 10.2 Å². The second kappa shape index (κ2) is 8.42. The van der Waals surface area contributed by atoms with Crippen molar-refractivity contribution in [2.45, 2.75) is 12.5 Å². The zero-order chi connectivity index (χ0) is 13.7. The fraction of sp³-hybridized carbons (Fsp3) is 0.571. The highest BCUT2D eigenvalue weighted by atomic mass is 35.5. The molecule has 0 spiro atoms. The lowest BCUT2D eigenvalue weighted by Gasteiger charge is -2.35. The van der Waals surface area contributed by atoms with Gasteiger partial charge in [-0.25, -0.2) is 4.39 Å². The minimum atomic E-state index is -0.267. The van der Waals surface area contributed by atoms with Gasteiger partial charge in [0, 0.05) is 44.4 Å². The molecule has 6 heteroatoms. The molecule has 1 saturated heterocycles. The number of aliphatic hydroxyl groups excluding tert-OH is 1. The Morgan fingerprint density at radius 2 is 2.10 bits per heavy atom. The molecule has 0 aromatic heterocycles. The van der Waals surface area contributed by atoms with E-state index >= 15 is 0 Å². The van der Waals surface area contributed by atoms with E-state index in [1.807, 2.05) is 0 Å². The maximum Gasteiger partial charge on any atom is 0.131 e. The molecule has 0 amide bonds. The SMILES string of the molecule is COc1cccc(F)c1[C@@H](CCO)N1CCNCC1.Cl. The van der Waals surface area contributed by atoms with Crippen LogP contribution < -0.4 is 10.1 Å². The number of nitrogens with one attached hydrogen (secondary N) is 1. The first-order chi connectivity index (χ1) is 9.27. The number of ether oxygens (including phenoxy) is 1. The third-order valence-electron chi connectivity index (χ3n) is 3.56.